The van der Waals surface area contributed by atoms with Crippen molar-refractivity contribution in [2.75, 3.05) is 19.6 Å². The number of hydrogen-bond acceptors (Lipinski definition) is 5. The first-order chi connectivity index (χ1) is 16.9. The fraction of sp³-hybridized carbons (Fsp3) is 0.448. The van der Waals surface area contributed by atoms with E-state index in [1.54, 1.807) is 23.6 Å². The summed E-state index contributed by atoms with van der Waals surface area (Å²) in [5.74, 6) is 5.78. The van der Waals surface area contributed by atoms with Gasteiger partial charge in [-0.3, -0.25) is 4.79 Å². The van der Waals surface area contributed by atoms with E-state index in [2.05, 4.69) is 11.8 Å². The Bertz CT molecular complexity index is 1170. The maximum Gasteiger partial charge on any atom is 0.411 e. The molecule has 190 valence electrons. The van der Waals surface area contributed by atoms with Crippen molar-refractivity contribution >= 4 is 12.0 Å². The van der Waals surface area contributed by atoms with Crippen molar-refractivity contribution in [2.45, 2.75) is 63.4 Å². The van der Waals surface area contributed by atoms with Gasteiger partial charge in [-0.05, 0) is 44.0 Å². The summed E-state index contributed by atoms with van der Waals surface area (Å²) < 4.78 is 6.08. The molecule has 0 radical (unpaired) electrons. The second kappa shape index (κ2) is 9.61. The van der Waals surface area contributed by atoms with Crippen LogP contribution in [0.4, 0.5) is 4.79 Å². The van der Waals surface area contributed by atoms with Gasteiger partial charge in [0.1, 0.15) is 5.60 Å². The number of carbonyl (C=O) groups excluding carboxylic acids is 2. The minimum atomic E-state index is -1.16. The Hall–Kier alpha value is -3.34. The Balaban J connectivity index is 1.45. The third-order valence-electron chi connectivity index (χ3n) is 6.94. The summed E-state index contributed by atoms with van der Waals surface area (Å²) in [4.78, 5) is 27.8. The zero-order valence-electron chi connectivity index (χ0n) is 21.3. The first-order valence-corrected chi connectivity index (χ1v) is 12.3. The van der Waals surface area contributed by atoms with Gasteiger partial charge < -0.3 is 24.7 Å². The van der Waals surface area contributed by atoms with Crippen molar-refractivity contribution in [1.29, 1.82) is 0 Å². The molecule has 2 heterocycles. The molecule has 2 aromatic carbocycles. The minimum Gasteiger partial charge on any atom is -0.438 e. The molecule has 0 bridgehead atoms. The van der Waals surface area contributed by atoms with E-state index in [1.165, 1.54) is 6.92 Å². The fourth-order valence-corrected chi connectivity index (χ4v) is 4.99. The van der Waals surface area contributed by atoms with Crippen LogP contribution in [0.25, 0.3) is 0 Å². The predicted octanol–water partition coefficient (Wildman–Crippen LogP) is 3.59. The molecule has 0 aliphatic carbocycles. The number of aliphatic hydroxyl groups is 2. The Morgan fingerprint density at radius 2 is 1.78 bits per heavy atom. The smallest absolute Gasteiger partial charge is 0.411 e. The fourth-order valence-electron chi connectivity index (χ4n) is 4.99. The van der Waals surface area contributed by atoms with Crippen molar-refractivity contribution in [3.05, 3.63) is 71.3 Å². The van der Waals surface area contributed by atoms with E-state index in [0.717, 1.165) is 16.7 Å². The Morgan fingerprint density at radius 3 is 2.33 bits per heavy atom. The highest BCUT2D eigenvalue weighted by atomic mass is 16.6. The lowest BCUT2D eigenvalue weighted by Gasteiger charge is -2.45. The van der Waals surface area contributed by atoms with Crippen LogP contribution in [-0.2, 0) is 15.1 Å². The molecule has 2 aliphatic rings. The third kappa shape index (κ3) is 5.56. The van der Waals surface area contributed by atoms with Crippen molar-refractivity contribution in [2.24, 2.45) is 0 Å². The molecule has 0 unspecified atom stereocenters. The Morgan fingerprint density at radius 1 is 1.14 bits per heavy atom. The molecule has 2 N–H and O–H groups in total. The normalized spacial score (nSPS) is 22.1. The average Bonchev–Trinajstić information content (AvgIpc) is 2.80. The van der Waals surface area contributed by atoms with Crippen LogP contribution in [-0.4, -0.2) is 62.8 Å². The van der Waals surface area contributed by atoms with Crippen LogP contribution in [0.1, 0.15) is 63.3 Å². The van der Waals surface area contributed by atoms with Gasteiger partial charge in [-0.2, -0.15) is 0 Å². The van der Waals surface area contributed by atoms with Gasteiger partial charge >= 0.3 is 6.09 Å². The second-order valence-electron chi connectivity index (χ2n) is 10.6. The van der Waals surface area contributed by atoms with E-state index >= 15 is 0 Å². The quantitative estimate of drug-likeness (QED) is 0.626. The molecular weight excluding hydrogens is 456 g/mol. The summed E-state index contributed by atoms with van der Waals surface area (Å²) >= 11 is 0. The van der Waals surface area contributed by atoms with E-state index in [0.29, 0.717) is 19.4 Å². The maximum absolute atomic E-state index is 13.2. The maximum atomic E-state index is 13.2. The molecule has 0 aromatic heterocycles. The first kappa shape index (κ1) is 25.7. The van der Waals surface area contributed by atoms with Crippen LogP contribution in [0.3, 0.4) is 0 Å². The first-order valence-electron chi connectivity index (χ1n) is 12.3. The number of β-amino-alcohol motifs (C(OH)–C–C–N with tert-alkyl or cyclic N) is 1. The summed E-state index contributed by atoms with van der Waals surface area (Å²) in [6.45, 7) is 7.83. The molecule has 4 rings (SSSR count). The number of carbonyl (C=O) groups is 2. The molecule has 0 spiro atoms. The van der Waals surface area contributed by atoms with Crippen LogP contribution < -0.4 is 0 Å². The lowest BCUT2D eigenvalue weighted by molar-refractivity contribution is -0.144. The standard InChI is InChI=1S/C29H34N2O5/c1-21(24-12-10-23(11-13-24)14-15-28(35)19-30(20-28)22(2)32)31-17-16-29(36-26(31)33,18-27(3,4)34)25-8-6-5-7-9-25/h5-13,21,34-35H,16-20H2,1-4H3/t21-,29-/m0/s1. The molecule has 0 saturated carbocycles. The van der Waals surface area contributed by atoms with Crippen molar-refractivity contribution in [3.63, 3.8) is 0 Å². The van der Waals surface area contributed by atoms with Gasteiger partial charge in [0.05, 0.1) is 24.7 Å². The number of amides is 2. The highest BCUT2D eigenvalue weighted by molar-refractivity contribution is 5.75. The van der Waals surface area contributed by atoms with E-state index in [1.807, 2.05) is 61.5 Å². The Kier molecular flexibility index (Phi) is 6.87. The molecule has 7 nitrogen and oxygen atoms in total. The van der Waals surface area contributed by atoms with Gasteiger partial charge in [0.2, 0.25) is 5.91 Å². The minimum absolute atomic E-state index is 0.0721. The molecular formula is C29H34N2O5. The lowest BCUT2D eigenvalue weighted by atomic mass is 9.80. The van der Waals surface area contributed by atoms with Gasteiger partial charge in [0.25, 0.3) is 0 Å². The van der Waals surface area contributed by atoms with Crippen LogP contribution in [0.2, 0.25) is 0 Å². The zero-order chi connectivity index (χ0) is 26.1. The van der Waals surface area contributed by atoms with Crippen molar-refractivity contribution in [3.8, 4) is 11.8 Å². The number of rotatable bonds is 5. The monoisotopic (exact) mass is 490 g/mol. The Labute approximate surface area is 212 Å². The van der Waals surface area contributed by atoms with Crippen LogP contribution in [0.15, 0.2) is 54.6 Å². The van der Waals surface area contributed by atoms with E-state index in [9.17, 15) is 19.8 Å². The van der Waals surface area contributed by atoms with E-state index in [4.69, 9.17) is 4.74 Å². The van der Waals surface area contributed by atoms with Crippen molar-refractivity contribution in [1.82, 2.24) is 9.80 Å². The summed E-state index contributed by atoms with van der Waals surface area (Å²) in [6, 6.07) is 17.0. The largest absolute Gasteiger partial charge is 0.438 e. The van der Waals surface area contributed by atoms with Gasteiger partial charge in [-0.15, -0.1) is 0 Å². The molecule has 2 amide bonds. The summed E-state index contributed by atoms with van der Waals surface area (Å²) in [5, 5.41) is 21.0. The number of ether oxygens (including phenoxy) is 1. The molecule has 7 heteroatoms. The molecule has 36 heavy (non-hydrogen) atoms. The van der Waals surface area contributed by atoms with E-state index < -0.39 is 22.9 Å². The van der Waals surface area contributed by atoms with Gasteiger partial charge in [0.15, 0.2) is 5.60 Å². The van der Waals surface area contributed by atoms with Gasteiger partial charge in [-0.1, -0.05) is 54.3 Å². The zero-order valence-corrected chi connectivity index (χ0v) is 21.3. The van der Waals surface area contributed by atoms with Gasteiger partial charge in [-0.25, -0.2) is 4.79 Å². The average molecular weight is 491 g/mol. The van der Waals surface area contributed by atoms with E-state index in [-0.39, 0.29) is 25.0 Å². The van der Waals surface area contributed by atoms with Crippen LogP contribution in [0, 0.1) is 11.8 Å². The number of likely N-dealkylation sites (tertiary alicyclic amines) is 1. The topological polar surface area (TPSA) is 90.3 Å². The predicted molar refractivity (Wildman–Crippen MR) is 136 cm³/mol. The SMILES string of the molecule is CC(=O)N1CC(O)(C#Cc2ccc([C@H](C)N3CC[C@](CC(C)(C)O)(c4ccccc4)OC3=O)cc2)C1. The summed E-state index contributed by atoms with van der Waals surface area (Å²) in [5.41, 5.74) is -0.476. The third-order valence-corrected chi connectivity index (χ3v) is 6.94. The molecule has 2 fully saturated rings. The van der Waals surface area contributed by atoms with Crippen LogP contribution >= 0.6 is 0 Å². The molecule has 2 aromatic rings. The number of benzene rings is 2. The number of cyclic esters (lactones) is 1. The van der Waals surface area contributed by atoms with Crippen LogP contribution in [0.5, 0.6) is 0 Å². The highest BCUT2D eigenvalue weighted by Crippen LogP contribution is 2.42. The summed E-state index contributed by atoms with van der Waals surface area (Å²) in [6.07, 6.45) is 0.464. The van der Waals surface area contributed by atoms with Crippen molar-refractivity contribution < 1.29 is 24.5 Å². The highest BCUT2D eigenvalue weighted by Gasteiger charge is 2.46. The summed E-state index contributed by atoms with van der Waals surface area (Å²) in [7, 11) is 0. The number of hydrogen-bond donors (Lipinski definition) is 2. The van der Waals surface area contributed by atoms with Gasteiger partial charge in [0, 0.05) is 31.9 Å². The lowest BCUT2D eigenvalue weighted by Crippen LogP contribution is -2.62. The second-order valence-corrected chi connectivity index (χ2v) is 10.6. The molecule has 2 saturated heterocycles. The number of nitrogens with zero attached hydrogens (tertiary/aromatic N) is 2. The molecule has 2 atom stereocenters. The molecule has 2 aliphatic heterocycles.